The van der Waals surface area contributed by atoms with E-state index in [1.807, 2.05) is 0 Å². The van der Waals surface area contributed by atoms with Gasteiger partial charge in [0.2, 0.25) is 0 Å². The smallest absolute Gasteiger partial charge is 0.0888 e. The molecule has 0 amide bonds. The molecule has 1 heterocycles. The first-order valence-electron chi connectivity index (χ1n) is 5.59. The Hall–Kier alpha value is -0.820. The second kappa shape index (κ2) is 3.08. The van der Waals surface area contributed by atoms with Crippen LogP contribution in [0.4, 0.5) is 0 Å². The van der Waals surface area contributed by atoms with E-state index in [-0.39, 0.29) is 17.1 Å². The van der Waals surface area contributed by atoms with Crippen LogP contribution in [0.25, 0.3) is 0 Å². The predicted octanol–water partition coefficient (Wildman–Crippen LogP) is 4.04. The van der Waals surface area contributed by atoms with Gasteiger partial charge in [-0.1, -0.05) is 45.0 Å². The molecule has 0 N–H and O–H groups in total. The van der Waals surface area contributed by atoms with Crippen LogP contribution in [0.1, 0.15) is 51.8 Å². The van der Waals surface area contributed by atoms with Gasteiger partial charge in [0.1, 0.15) is 0 Å². The summed E-state index contributed by atoms with van der Waals surface area (Å²) in [7, 11) is 0. The van der Waals surface area contributed by atoms with E-state index in [1.165, 1.54) is 11.1 Å². The first-order chi connectivity index (χ1) is 6.82. The van der Waals surface area contributed by atoms with Gasteiger partial charge in [-0.25, -0.2) is 0 Å². The fourth-order valence-corrected chi connectivity index (χ4v) is 2.34. The van der Waals surface area contributed by atoms with Crippen LogP contribution in [0.5, 0.6) is 0 Å². The van der Waals surface area contributed by atoms with Crippen LogP contribution in [0.3, 0.4) is 0 Å². The molecule has 0 spiro atoms. The van der Waals surface area contributed by atoms with Crippen molar-refractivity contribution in [2.75, 3.05) is 0 Å². The first kappa shape index (κ1) is 10.7. The molecule has 2 rings (SSSR count). The SMILES string of the molecule is CC1(C)OC(C(C)(C)C)c2ccccc21. The van der Waals surface area contributed by atoms with Gasteiger partial charge in [-0.05, 0) is 30.4 Å². The quantitative estimate of drug-likeness (QED) is 0.619. The minimum atomic E-state index is -0.144. The average Bonchev–Trinajstić information content (AvgIpc) is 2.39. The number of ether oxygens (including phenoxy) is 1. The standard InChI is InChI=1S/C14H20O/c1-13(2,3)12-10-8-6-7-9-11(10)14(4,5)15-12/h6-9,12H,1-5H3. The van der Waals surface area contributed by atoms with Gasteiger partial charge in [-0.2, -0.15) is 0 Å². The number of rotatable bonds is 0. The summed E-state index contributed by atoms with van der Waals surface area (Å²) in [4.78, 5) is 0. The molecule has 1 atom stereocenters. The maximum Gasteiger partial charge on any atom is 0.0888 e. The van der Waals surface area contributed by atoms with Gasteiger partial charge < -0.3 is 4.74 Å². The van der Waals surface area contributed by atoms with Crippen molar-refractivity contribution < 1.29 is 4.74 Å². The van der Waals surface area contributed by atoms with Crippen LogP contribution in [-0.2, 0) is 10.3 Å². The van der Waals surface area contributed by atoms with E-state index in [4.69, 9.17) is 4.74 Å². The molecule has 1 aromatic rings. The third-order valence-electron chi connectivity index (χ3n) is 3.09. The third-order valence-corrected chi connectivity index (χ3v) is 3.09. The molecular weight excluding hydrogens is 184 g/mol. The minimum absolute atomic E-state index is 0.144. The maximum absolute atomic E-state index is 6.18. The van der Waals surface area contributed by atoms with Crippen molar-refractivity contribution in [1.82, 2.24) is 0 Å². The zero-order valence-electron chi connectivity index (χ0n) is 10.3. The highest BCUT2D eigenvalue weighted by Crippen LogP contribution is 2.50. The molecule has 1 nitrogen and oxygen atoms in total. The highest BCUT2D eigenvalue weighted by atomic mass is 16.5. The van der Waals surface area contributed by atoms with E-state index in [2.05, 4.69) is 58.9 Å². The van der Waals surface area contributed by atoms with E-state index in [0.717, 1.165) is 0 Å². The Morgan fingerprint density at radius 2 is 1.73 bits per heavy atom. The molecule has 0 radical (unpaired) electrons. The van der Waals surface area contributed by atoms with Crippen molar-refractivity contribution in [3.63, 3.8) is 0 Å². The second-order valence-corrected chi connectivity index (χ2v) is 5.96. The summed E-state index contributed by atoms with van der Waals surface area (Å²) >= 11 is 0. The molecule has 1 aliphatic heterocycles. The second-order valence-electron chi connectivity index (χ2n) is 5.96. The lowest BCUT2D eigenvalue weighted by Crippen LogP contribution is -2.22. The monoisotopic (exact) mass is 204 g/mol. The molecular formula is C14H20O. The van der Waals surface area contributed by atoms with Crippen molar-refractivity contribution in [1.29, 1.82) is 0 Å². The number of benzene rings is 1. The highest BCUT2D eigenvalue weighted by molar-refractivity contribution is 5.37. The van der Waals surface area contributed by atoms with Crippen molar-refractivity contribution in [3.8, 4) is 0 Å². The maximum atomic E-state index is 6.18. The van der Waals surface area contributed by atoms with Gasteiger partial charge in [-0.15, -0.1) is 0 Å². The topological polar surface area (TPSA) is 9.23 Å². The summed E-state index contributed by atoms with van der Waals surface area (Å²) in [5.74, 6) is 0. The van der Waals surface area contributed by atoms with E-state index in [0.29, 0.717) is 0 Å². The lowest BCUT2D eigenvalue weighted by Gasteiger charge is -2.29. The average molecular weight is 204 g/mol. The Morgan fingerprint density at radius 3 is 2.33 bits per heavy atom. The van der Waals surface area contributed by atoms with Gasteiger partial charge in [-0.3, -0.25) is 0 Å². The molecule has 0 fully saturated rings. The van der Waals surface area contributed by atoms with E-state index >= 15 is 0 Å². The van der Waals surface area contributed by atoms with Crippen LogP contribution in [0, 0.1) is 5.41 Å². The summed E-state index contributed by atoms with van der Waals surface area (Å²) < 4.78 is 6.18. The van der Waals surface area contributed by atoms with Gasteiger partial charge in [0, 0.05) is 0 Å². The summed E-state index contributed by atoms with van der Waals surface area (Å²) in [6, 6.07) is 8.57. The zero-order valence-corrected chi connectivity index (χ0v) is 10.3. The molecule has 1 aromatic carbocycles. The van der Waals surface area contributed by atoms with Crippen LogP contribution < -0.4 is 0 Å². The van der Waals surface area contributed by atoms with Crippen molar-refractivity contribution >= 4 is 0 Å². The van der Waals surface area contributed by atoms with Gasteiger partial charge >= 0.3 is 0 Å². The summed E-state index contributed by atoms with van der Waals surface area (Å²) in [5, 5.41) is 0. The summed E-state index contributed by atoms with van der Waals surface area (Å²) in [6.45, 7) is 11.0. The van der Waals surface area contributed by atoms with Crippen molar-refractivity contribution in [3.05, 3.63) is 35.4 Å². The van der Waals surface area contributed by atoms with Gasteiger partial charge in [0.05, 0.1) is 11.7 Å². The Bertz CT molecular complexity index is 371. The molecule has 0 bridgehead atoms. The van der Waals surface area contributed by atoms with Gasteiger partial charge in [0.25, 0.3) is 0 Å². The molecule has 0 saturated heterocycles. The number of hydrogen-bond donors (Lipinski definition) is 0. The lowest BCUT2D eigenvalue weighted by molar-refractivity contribution is -0.0964. The molecule has 1 unspecified atom stereocenters. The third kappa shape index (κ3) is 1.69. The lowest BCUT2D eigenvalue weighted by atomic mass is 9.83. The molecule has 82 valence electrons. The van der Waals surface area contributed by atoms with Crippen LogP contribution in [-0.4, -0.2) is 0 Å². The summed E-state index contributed by atoms with van der Waals surface area (Å²) in [5.41, 5.74) is 2.71. The van der Waals surface area contributed by atoms with Crippen LogP contribution >= 0.6 is 0 Å². The number of fused-ring (bicyclic) bond motifs is 1. The van der Waals surface area contributed by atoms with Crippen LogP contribution in [0.2, 0.25) is 0 Å². The van der Waals surface area contributed by atoms with Crippen molar-refractivity contribution in [2.24, 2.45) is 5.41 Å². The van der Waals surface area contributed by atoms with E-state index < -0.39 is 0 Å². The van der Waals surface area contributed by atoms with Crippen LogP contribution in [0.15, 0.2) is 24.3 Å². The van der Waals surface area contributed by atoms with E-state index in [9.17, 15) is 0 Å². The van der Waals surface area contributed by atoms with Gasteiger partial charge in [0.15, 0.2) is 0 Å². The first-order valence-corrected chi connectivity index (χ1v) is 5.59. The molecule has 15 heavy (non-hydrogen) atoms. The Labute approximate surface area is 92.5 Å². The molecule has 1 heteroatoms. The molecule has 0 aromatic heterocycles. The Balaban J connectivity index is 2.52. The zero-order chi connectivity index (χ0) is 11.3. The molecule has 0 saturated carbocycles. The number of hydrogen-bond acceptors (Lipinski definition) is 1. The van der Waals surface area contributed by atoms with Crippen molar-refractivity contribution in [2.45, 2.75) is 46.3 Å². The predicted molar refractivity (Wildman–Crippen MR) is 62.7 cm³/mol. The molecule has 0 aliphatic carbocycles. The summed E-state index contributed by atoms with van der Waals surface area (Å²) in [6.07, 6.45) is 0.212. The Morgan fingerprint density at radius 1 is 1.13 bits per heavy atom. The fourth-order valence-electron chi connectivity index (χ4n) is 2.34. The highest BCUT2D eigenvalue weighted by Gasteiger charge is 2.42. The normalized spacial score (nSPS) is 23.9. The molecule has 1 aliphatic rings. The largest absolute Gasteiger partial charge is 0.362 e. The fraction of sp³-hybridized carbons (Fsp3) is 0.571. The minimum Gasteiger partial charge on any atom is -0.362 e. The van der Waals surface area contributed by atoms with E-state index in [1.54, 1.807) is 0 Å². The Kier molecular flexibility index (Phi) is 2.20.